The number of furan rings is 1. The summed E-state index contributed by atoms with van der Waals surface area (Å²) in [6, 6.07) is 8.67. The molecule has 0 saturated heterocycles. The summed E-state index contributed by atoms with van der Waals surface area (Å²) < 4.78 is 5.48. The van der Waals surface area contributed by atoms with Crippen molar-refractivity contribution in [3.8, 4) is 0 Å². The van der Waals surface area contributed by atoms with Crippen LogP contribution in [0, 0.1) is 0 Å². The minimum absolute atomic E-state index is 0.195. The van der Waals surface area contributed by atoms with E-state index in [4.69, 9.17) is 10.2 Å². The van der Waals surface area contributed by atoms with Crippen LogP contribution in [0.2, 0.25) is 0 Å². The monoisotopic (exact) mass is 306 g/mol. The highest BCUT2D eigenvalue weighted by atomic mass is 32.1. The lowest BCUT2D eigenvalue weighted by Gasteiger charge is -2.28. The van der Waals surface area contributed by atoms with Gasteiger partial charge >= 0.3 is 0 Å². The highest BCUT2D eigenvalue weighted by Gasteiger charge is 2.23. The molecule has 3 nitrogen and oxygen atoms in total. The zero-order chi connectivity index (χ0) is 15.5. The predicted octanol–water partition coefficient (Wildman–Crippen LogP) is 4.16. The molecule has 21 heavy (non-hydrogen) atoms. The number of thiophene rings is 1. The molecule has 0 aliphatic rings. The second-order valence-electron chi connectivity index (χ2n) is 6.35. The third kappa shape index (κ3) is 3.96. The first kappa shape index (κ1) is 16.3. The van der Waals surface area contributed by atoms with Crippen molar-refractivity contribution in [2.24, 2.45) is 5.73 Å². The lowest BCUT2D eigenvalue weighted by Crippen LogP contribution is -2.32. The summed E-state index contributed by atoms with van der Waals surface area (Å²) in [5, 5.41) is 0. The fourth-order valence-electron chi connectivity index (χ4n) is 2.43. The Morgan fingerprint density at radius 2 is 2.05 bits per heavy atom. The Balaban J connectivity index is 2.18. The Morgan fingerprint density at radius 3 is 2.52 bits per heavy atom. The molecule has 1 atom stereocenters. The number of hydrogen-bond donors (Lipinski definition) is 1. The Hall–Kier alpha value is -1.10. The number of nitrogens with zero attached hydrogens (tertiary/aromatic N) is 1. The summed E-state index contributed by atoms with van der Waals surface area (Å²) in [5.74, 6) is 0.989. The van der Waals surface area contributed by atoms with Gasteiger partial charge in [0.2, 0.25) is 0 Å². The normalized spacial score (nSPS) is 13.8. The summed E-state index contributed by atoms with van der Waals surface area (Å²) in [7, 11) is 0. The van der Waals surface area contributed by atoms with Crippen molar-refractivity contribution in [2.75, 3.05) is 13.1 Å². The molecule has 2 rings (SSSR count). The Morgan fingerprint density at radius 1 is 1.29 bits per heavy atom. The second-order valence-corrected chi connectivity index (χ2v) is 7.46. The third-order valence-electron chi connectivity index (χ3n) is 3.70. The molecular formula is C17H26N2OS. The highest BCUT2D eigenvalue weighted by molar-refractivity contribution is 7.12. The average Bonchev–Trinajstić information content (AvgIpc) is 3.08. The van der Waals surface area contributed by atoms with Gasteiger partial charge in [-0.3, -0.25) is 4.90 Å². The van der Waals surface area contributed by atoms with Crippen LogP contribution < -0.4 is 5.73 Å². The van der Waals surface area contributed by atoms with Gasteiger partial charge in [0.1, 0.15) is 5.76 Å². The van der Waals surface area contributed by atoms with Gasteiger partial charge in [-0.15, -0.1) is 11.3 Å². The molecule has 0 bridgehead atoms. The number of likely N-dealkylation sites (N-methyl/N-ethyl adjacent to an activating group) is 1. The van der Waals surface area contributed by atoms with E-state index in [1.54, 1.807) is 6.26 Å². The first-order chi connectivity index (χ1) is 9.95. The van der Waals surface area contributed by atoms with Gasteiger partial charge in [-0.2, -0.15) is 0 Å². The van der Waals surface area contributed by atoms with Gasteiger partial charge in [-0.05, 0) is 36.2 Å². The maximum atomic E-state index is 6.06. The van der Waals surface area contributed by atoms with E-state index < -0.39 is 0 Å². The molecule has 0 fully saturated rings. The van der Waals surface area contributed by atoms with Gasteiger partial charge in [0.05, 0.1) is 18.8 Å². The molecule has 0 aliphatic carbocycles. The van der Waals surface area contributed by atoms with Gasteiger partial charge in [0.25, 0.3) is 0 Å². The van der Waals surface area contributed by atoms with Gasteiger partial charge in [0.15, 0.2) is 0 Å². The van der Waals surface area contributed by atoms with E-state index in [0.717, 1.165) is 18.8 Å². The fraction of sp³-hybridized carbons (Fsp3) is 0.529. The van der Waals surface area contributed by atoms with Crippen molar-refractivity contribution < 1.29 is 4.42 Å². The maximum Gasteiger partial charge on any atom is 0.117 e. The Bertz CT molecular complexity index is 539. The molecule has 1 unspecified atom stereocenters. The molecule has 0 radical (unpaired) electrons. The van der Waals surface area contributed by atoms with Crippen molar-refractivity contribution in [3.63, 3.8) is 0 Å². The van der Waals surface area contributed by atoms with E-state index in [1.807, 2.05) is 23.5 Å². The molecule has 2 aromatic rings. The van der Waals surface area contributed by atoms with Crippen molar-refractivity contribution in [1.29, 1.82) is 0 Å². The summed E-state index contributed by atoms with van der Waals surface area (Å²) >= 11 is 1.88. The smallest absolute Gasteiger partial charge is 0.117 e. The molecule has 0 aliphatic heterocycles. The minimum Gasteiger partial charge on any atom is -0.468 e. The van der Waals surface area contributed by atoms with E-state index in [9.17, 15) is 0 Å². The van der Waals surface area contributed by atoms with Crippen molar-refractivity contribution in [3.05, 3.63) is 46.0 Å². The Labute approximate surface area is 131 Å². The van der Waals surface area contributed by atoms with E-state index >= 15 is 0 Å². The molecule has 4 heteroatoms. The quantitative estimate of drug-likeness (QED) is 0.871. The van der Waals surface area contributed by atoms with Crippen LogP contribution >= 0.6 is 11.3 Å². The molecular weight excluding hydrogens is 280 g/mol. The van der Waals surface area contributed by atoms with Gasteiger partial charge in [-0.1, -0.05) is 27.7 Å². The highest BCUT2D eigenvalue weighted by Crippen LogP contribution is 2.34. The molecule has 0 amide bonds. The second kappa shape index (κ2) is 6.77. The van der Waals surface area contributed by atoms with Crippen LogP contribution in [-0.2, 0) is 12.0 Å². The number of hydrogen-bond acceptors (Lipinski definition) is 4. The van der Waals surface area contributed by atoms with Crippen molar-refractivity contribution in [1.82, 2.24) is 4.90 Å². The van der Waals surface area contributed by atoms with Crippen molar-refractivity contribution >= 4 is 11.3 Å². The standard InChI is InChI=1S/C17H26N2OS/c1-5-19(12-13-7-6-10-20-13)14(11-18)15-8-9-16(21-15)17(2,3)4/h6-10,14H,5,11-12,18H2,1-4H3. The molecule has 2 aromatic heterocycles. The average molecular weight is 306 g/mol. The van der Waals surface area contributed by atoms with Crippen LogP contribution in [0.4, 0.5) is 0 Å². The number of nitrogens with two attached hydrogens (primary N) is 1. The lowest BCUT2D eigenvalue weighted by molar-refractivity contribution is 0.190. The molecule has 116 valence electrons. The van der Waals surface area contributed by atoms with Crippen LogP contribution in [-0.4, -0.2) is 18.0 Å². The van der Waals surface area contributed by atoms with Gasteiger partial charge in [0, 0.05) is 16.3 Å². The first-order valence-corrected chi connectivity index (χ1v) is 8.34. The fourth-order valence-corrected chi connectivity index (χ4v) is 3.64. The first-order valence-electron chi connectivity index (χ1n) is 7.52. The predicted molar refractivity (Wildman–Crippen MR) is 89.6 cm³/mol. The van der Waals surface area contributed by atoms with E-state index in [1.165, 1.54) is 9.75 Å². The van der Waals surface area contributed by atoms with Crippen LogP contribution in [0.15, 0.2) is 34.9 Å². The largest absolute Gasteiger partial charge is 0.468 e. The maximum absolute atomic E-state index is 6.06. The van der Waals surface area contributed by atoms with Crippen LogP contribution in [0.5, 0.6) is 0 Å². The lowest BCUT2D eigenvalue weighted by atomic mass is 9.95. The summed E-state index contributed by atoms with van der Waals surface area (Å²) in [6.07, 6.45) is 1.73. The molecule has 2 N–H and O–H groups in total. The zero-order valence-electron chi connectivity index (χ0n) is 13.4. The van der Waals surface area contributed by atoms with Crippen LogP contribution in [0.3, 0.4) is 0 Å². The number of rotatable bonds is 6. The van der Waals surface area contributed by atoms with Gasteiger partial charge < -0.3 is 10.2 Å². The summed E-state index contributed by atoms with van der Waals surface area (Å²) in [4.78, 5) is 5.12. The van der Waals surface area contributed by atoms with Gasteiger partial charge in [-0.25, -0.2) is 0 Å². The zero-order valence-corrected chi connectivity index (χ0v) is 14.2. The van der Waals surface area contributed by atoms with E-state index in [2.05, 4.69) is 44.7 Å². The molecule has 2 heterocycles. The Kier molecular flexibility index (Phi) is 5.25. The topological polar surface area (TPSA) is 42.4 Å². The SMILES string of the molecule is CCN(Cc1ccco1)C(CN)c1ccc(C(C)(C)C)s1. The molecule has 0 aromatic carbocycles. The van der Waals surface area contributed by atoms with Crippen LogP contribution in [0.1, 0.15) is 49.3 Å². The third-order valence-corrected chi connectivity index (χ3v) is 5.32. The van der Waals surface area contributed by atoms with E-state index in [0.29, 0.717) is 6.54 Å². The molecule has 0 spiro atoms. The summed E-state index contributed by atoms with van der Waals surface area (Å²) in [5.41, 5.74) is 6.26. The van der Waals surface area contributed by atoms with E-state index in [-0.39, 0.29) is 11.5 Å². The molecule has 0 saturated carbocycles. The van der Waals surface area contributed by atoms with Crippen LogP contribution in [0.25, 0.3) is 0 Å². The van der Waals surface area contributed by atoms with Crippen molar-refractivity contribution in [2.45, 2.75) is 45.7 Å². The summed E-state index contributed by atoms with van der Waals surface area (Å²) in [6.45, 7) is 11.3. The minimum atomic E-state index is 0.195.